The first-order chi connectivity index (χ1) is 11.3. The molecule has 0 saturated heterocycles. The molecule has 116 valence electrons. The molecule has 1 aliphatic rings. The van der Waals surface area contributed by atoms with Crippen LogP contribution in [0.1, 0.15) is 30.0 Å². The number of hydrogen-bond acceptors (Lipinski definition) is 4. The van der Waals surface area contributed by atoms with E-state index in [0.29, 0.717) is 11.6 Å². The number of aromatic amines is 2. The summed E-state index contributed by atoms with van der Waals surface area (Å²) < 4.78 is 0. The molecule has 6 heteroatoms. The molecule has 1 aromatic carbocycles. The fraction of sp³-hybridized carbons (Fsp3) is 0.235. The first-order valence-electron chi connectivity index (χ1n) is 7.75. The molecule has 2 aromatic heterocycles. The Labute approximate surface area is 133 Å². The Hall–Kier alpha value is -2.89. The molecule has 0 radical (unpaired) electrons. The molecule has 0 aliphatic heterocycles. The largest absolute Gasteiger partial charge is 0.349 e. The molecular formula is C17H17N5O. The molecule has 2 heterocycles. The van der Waals surface area contributed by atoms with Crippen LogP contribution in [0.25, 0.3) is 11.4 Å². The van der Waals surface area contributed by atoms with Crippen LogP contribution in [0.2, 0.25) is 0 Å². The summed E-state index contributed by atoms with van der Waals surface area (Å²) in [6.07, 6.45) is 4.89. The van der Waals surface area contributed by atoms with Crippen LogP contribution in [0.4, 0.5) is 5.95 Å². The van der Waals surface area contributed by atoms with Crippen LogP contribution in [-0.4, -0.2) is 20.2 Å². The summed E-state index contributed by atoms with van der Waals surface area (Å²) >= 11 is 0. The molecule has 6 nitrogen and oxygen atoms in total. The van der Waals surface area contributed by atoms with Crippen molar-refractivity contribution in [1.82, 2.24) is 20.2 Å². The molecular weight excluding hydrogens is 290 g/mol. The maximum absolute atomic E-state index is 11.9. The van der Waals surface area contributed by atoms with E-state index in [4.69, 9.17) is 0 Å². The van der Waals surface area contributed by atoms with Gasteiger partial charge in [0, 0.05) is 12.3 Å². The van der Waals surface area contributed by atoms with Gasteiger partial charge in [-0.25, -0.2) is 4.98 Å². The van der Waals surface area contributed by atoms with Crippen molar-refractivity contribution in [3.8, 4) is 11.4 Å². The van der Waals surface area contributed by atoms with Gasteiger partial charge >= 0.3 is 0 Å². The Kier molecular flexibility index (Phi) is 3.42. The Bertz CT molecular complexity index is 869. The van der Waals surface area contributed by atoms with E-state index >= 15 is 0 Å². The number of rotatable bonds is 3. The summed E-state index contributed by atoms with van der Waals surface area (Å²) in [5, 5.41) is 10.1. The zero-order valence-electron chi connectivity index (χ0n) is 12.5. The van der Waals surface area contributed by atoms with E-state index in [2.05, 4.69) is 49.7 Å². The number of nitrogens with zero attached hydrogens (tertiary/aromatic N) is 2. The summed E-state index contributed by atoms with van der Waals surface area (Å²) in [6.45, 7) is 0. The summed E-state index contributed by atoms with van der Waals surface area (Å²) in [4.78, 5) is 19.2. The molecule has 23 heavy (non-hydrogen) atoms. The van der Waals surface area contributed by atoms with Crippen molar-refractivity contribution in [2.45, 2.75) is 25.3 Å². The third-order valence-corrected chi connectivity index (χ3v) is 4.20. The minimum Gasteiger partial charge on any atom is -0.349 e. The summed E-state index contributed by atoms with van der Waals surface area (Å²) in [5.41, 5.74) is 3.77. The lowest BCUT2D eigenvalue weighted by atomic mass is 9.88. The van der Waals surface area contributed by atoms with Gasteiger partial charge in [0.2, 0.25) is 5.95 Å². The first kappa shape index (κ1) is 13.8. The molecule has 0 spiro atoms. The van der Waals surface area contributed by atoms with Crippen molar-refractivity contribution < 1.29 is 0 Å². The second-order valence-corrected chi connectivity index (χ2v) is 5.74. The van der Waals surface area contributed by atoms with Gasteiger partial charge in [-0.2, -0.15) is 5.10 Å². The highest BCUT2D eigenvalue weighted by Crippen LogP contribution is 2.31. The third-order valence-electron chi connectivity index (χ3n) is 4.20. The van der Waals surface area contributed by atoms with Gasteiger partial charge in [0.1, 0.15) is 0 Å². The highest BCUT2D eigenvalue weighted by atomic mass is 16.1. The molecule has 3 aromatic rings. The predicted octanol–water partition coefficient (Wildman–Crippen LogP) is 2.65. The lowest BCUT2D eigenvalue weighted by Crippen LogP contribution is -2.20. The quantitative estimate of drug-likeness (QED) is 0.694. The van der Waals surface area contributed by atoms with E-state index < -0.39 is 0 Å². The van der Waals surface area contributed by atoms with Gasteiger partial charge in [-0.15, -0.1) is 0 Å². The lowest BCUT2D eigenvalue weighted by Gasteiger charge is -2.26. The standard InChI is InChI=1S/C17H17N5O/c23-16-10-15(14-8-9-18-22-14)20-17(21-16)19-13-7-3-5-11-4-1-2-6-12(11)13/h1-2,4,6,8-10,13H,3,5,7H2,(H,18,22)(H2,19,20,21,23). The Morgan fingerprint density at radius 3 is 3.00 bits per heavy atom. The Morgan fingerprint density at radius 2 is 2.13 bits per heavy atom. The number of hydrogen-bond donors (Lipinski definition) is 3. The van der Waals surface area contributed by atoms with Crippen molar-refractivity contribution in [2.24, 2.45) is 0 Å². The van der Waals surface area contributed by atoms with E-state index in [1.807, 2.05) is 0 Å². The predicted molar refractivity (Wildman–Crippen MR) is 88.2 cm³/mol. The molecule has 0 bridgehead atoms. The minimum atomic E-state index is -0.184. The third kappa shape index (κ3) is 2.75. The first-order valence-corrected chi connectivity index (χ1v) is 7.75. The van der Waals surface area contributed by atoms with E-state index in [0.717, 1.165) is 25.0 Å². The van der Waals surface area contributed by atoms with E-state index in [1.165, 1.54) is 17.2 Å². The molecule has 0 saturated carbocycles. The smallest absolute Gasteiger partial charge is 0.252 e. The molecule has 0 fully saturated rings. The van der Waals surface area contributed by atoms with Crippen LogP contribution in [0.5, 0.6) is 0 Å². The fourth-order valence-electron chi connectivity index (χ4n) is 3.13. The van der Waals surface area contributed by atoms with Crippen LogP contribution in [0.15, 0.2) is 47.4 Å². The van der Waals surface area contributed by atoms with Gasteiger partial charge in [0.15, 0.2) is 0 Å². The number of fused-ring (bicyclic) bond motifs is 1. The monoisotopic (exact) mass is 307 g/mol. The van der Waals surface area contributed by atoms with Crippen LogP contribution in [0.3, 0.4) is 0 Å². The van der Waals surface area contributed by atoms with Crippen LogP contribution < -0.4 is 10.9 Å². The van der Waals surface area contributed by atoms with Crippen molar-refractivity contribution in [3.63, 3.8) is 0 Å². The fourth-order valence-corrected chi connectivity index (χ4v) is 3.13. The van der Waals surface area contributed by atoms with Gasteiger partial charge < -0.3 is 5.32 Å². The topological polar surface area (TPSA) is 86.5 Å². The van der Waals surface area contributed by atoms with Gasteiger partial charge in [-0.1, -0.05) is 24.3 Å². The average molecular weight is 307 g/mol. The van der Waals surface area contributed by atoms with Gasteiger partial charge in [0.25, 0.3) is 5.56 Å². The second-order valence-electron chi connectivity index (χ2n) is 5.74. The highest BCUT2D eigenvalue weighted by Gasteiger charge is 2.20. The minimum absolute atomic E-state index is 0.167. The lowest BCUT2D eigenvalue weighted by molar-refractivity contribution is 0.596. The molecule has 0 amide bonds. The summed E-state index contributed by atoms with van der Waals surface area (Å²) in [7, 11) is 0. The summed E-state index contributed by atoms with van der Waals surface area (Å²) in [6, 6.07) is 11.9. The van der Waals surface area contributed by atoms with Crippen LogP contribution in [0, 0.1) is 0 Å². The van der Waals surface area contributed by atoms with Crippen LogP contribution in [-0.2, 0) is 6.42 Å². The van der Waals surface area contributed by atoms with Crippen molar-refractivity contribution >= 4 is 5.95 Å². The van der Waals surface area contributed by atoms with E-state index in [9.17, 15) is 4.79 Å². The van der Waals surface area contributed by atoms with Crippen LogP contribution >= 0.6 is 0 Å². The highest BCUT2D eigenvalue weighted by molar-refractivity contribution is 5.54. The molecule has 3 N–H and O–H groups in total. The zero-order chi connectivity index (χ0) is 15.6. The average Bonchev–Trinajstić information content (AvgIpc) is 3.09. The number of aryl methyl sites for hydroxylation is 1. The maximum Gasteiger partial charge on any atom is 0.252 e. The van der Waals surface area contributed by atoms with E-state index in [-0.39, 0.29) is 11.6 Å². The molecule has 1 unspecified atom stereocenters. The van der Waals surface area contributed by atoms with Crippen molar-refractivity contribution in [3.05, 3.63) is 64.1 Å². The number of aromatic nitrogens is 4. The van der Waals surface area contributed by atoms with Gasteiger partial charge in [0.05, 0.1) is 17.4 Å². The number of nitrogens with one attached hydrogen (secondary N) is 3. The zero-order valence-corrected chi connectivity index (χ0v) is 12.5. The number of anilines is 1. The number of benzene rings is 1. The normalized spacial score (nSPS) is 16.8. The Morgan fingerprint density at radius 1 is 1.22 bits per heavy atom. The Balaban J connectivity index is 1.67. The molecule has 1 aliphatic carbocycles. The van der Waals surface area contributed by atoms with Gasteiger partial charge in [-0.3, -0.25) is 14.9 Å². The molecule has 4 rings (SSSR count). The summed E-state index contributed by atoms with van der Waals surface area (Å²) in [5.74, 6) is 0.490. The van der Waals surface area contributed by atoms with Crippen molar-refractivity contribution in [2.75, 3.05) is 5.32 Å². The van der Waals surface area contributed by atoms with Gasteiger partial charge in [-0.05, 0) is 36.5 Å². The number of H-pyrrole nitrogens is 2. The molecule has 1 atom stereocenters. The van der Waals surface area contributed by atoms with E-state index in [1.54, 1.807) is 12.3 Å². The van der Waals surface area contributed by atoms with Crippen molar-refractivity contribution in [1.29, 1.82) is 0 Å². The second kappa shape index (κ2) is 5.72. The SMILES string of the molecule is O=c1cc(-c2ccn[nH]2)nc(NC2CCCc3ccccc32)[nH]1. The maximum atomic E-state index is 11.9.